The van der Waals surface area contributed by atoms with E-state index in [4.69, 9.17) is 18.6 Å². The van der Waals surface area contributed by atoms with Gasteiger partial charge in [-0.1, -0.05) is 31.9 Å². The molecule has 5 rings (SSSR count). The first-order chi connectivity index (χ1) is 18.1. The fraction of sp³-hybridized carbons (Fsp3) is 0.310. The number of unbranched alkanes of at least 4 members (excludes halogenated alkanes) is 2. The van der Waals surface area contributed by atoms with Gasteiger partial charge < -0.3 is 28.6 Å². The number of aliphatic hydroxyl groups is 1. The molecule has 1 aromatic heterocycles. The Labute approximate surface area is 215 Å². The normalized spacial score (nSPS) is 18.3. The maximum Gasteiger partial charge on any atom is 0.296 e. The van der Waals surface area contributed by atoms with E-state index >= 15 is 0 Å². The highest BCUT2D eigenvalue weighted by atomic mass is 16.6. The van der Waals surface area contributed by atoms with Crippen molar-refractivity contribution in [2.45, 2.75) is 38.8 Å². The van der Waals surface area contributed by atoms with Crippen LogP contribution in [-0.4, -0.2) is 41.5 Å². The molecular formula is C29H29NO7. The fourth-order valence-corrected chi connectivity index (χ4v) is 4.62. The van der Waals surface area contributed by atoms with E-state index in [1.54, 1.807) is 30.3 Å². The van der Waals surface area contributed by atoms with Gasteiger partial charge in [0, 0.05) is 5.56 Å². The number of aliphatic hydroxyl groups excluding tert-OH is 1. The summed E-state index contributed by atoms with van der Waals surface area (Å²) >= 11 is 0. The summed E-state index contributed by atoms with van der Waals surface area (Å²) in [4.78, 5) is 28.0. The Balaban J connectivity index is 1.56. The van der Waals surface area contributed by atoms with Gasteiger partial charge in [-0.05, 0) is 54.4 Å². The predicted octanol–water partition coefficient (Wildman–Crippen LogP) is 5.24. The average molecular weight is 504 g/mol. The number of fused-ring (bicyclic) bond motifs is 1. The SMILES string of the molecule is CCCCCOc1cccc(C2/C(=C(\O)c3ccc4c(c3)OCCO4)C(=O)C(=O)N2Cc2ccco2)c1. The summed E-state index contributed by atoms with van der Waals surface area (Å²) in [6.07, 6.45) is 4.60. The number of benzene rings is 2. The molecule has 3 aromatic rings. The number of amides is 1. The van der Waals surface area contributed by atoms with Crippen LogP contribution in [0.1, 0.15) is 49.1 Å². The first kappa shape index (κ1) is 24.5. The van der Waals surface area contributed by atoms with Gasteiger partial charge in [0.05, 0.1) is 31.0 Å². The van der Waals surface area contributed by atoms with Crippen molar-refractivity contribution in [3.05, 3.63) is 83.3 Å². The smallest absolute Gasteiger partial charge is 0.296 e. The van der Waals surface area contributed by atoms with Crippen molar-refractivity contribution in [3.63, 3.8) is 0 Å². The van der Waals surface area contributed by atoms with Gasteiger partial charge in [-0.25, -0.2) is 0 Å². The summed E-state index contributed by atoms with van der Waals surface area (Å²) in [7, 11) is 0. The van der Waals surface area contributed by atoms with Crippen molar-refractivity contribution < 1.29 is 33.3 Å². The van der Waals surface area contributed by atoms with E-state index in [1.807, 2.05) is 24.3 Å². The lowest BCUT2D eigenvalue weighted by Crippen LogP contribution is -2.29. The van der Waals surface area contributed by atoms with Crippen LogP contribution in [0.4, 0.5) is 0 Å². The molecule has 2 aromatic carbocycles. The topological polar surface area (TPSA) is 98.4 Å². The number of hydrogen-bond donors (Lipinski definition) is 1. The molecule has 1 fully saturated rings. The lowest BCUT2D eigenvalue weighted by atomic mass is 9.95. The zero-order valence-corrected chi connectivity index (χ0v) is 20.6. The molecule has 2 aliphatic heterocycles. The van der Waals surface area contributed by atoms with Crippen LogP contribution in [0.25, 0.3) is 5.76 Å². The van der Waals surface area contributed by atoms with Crippen molar-refractivity contribution in [1.29, 1.82) is 0 Å². The Bertz CT molecular complexity index is 1310. The highest BCUT2D eigenvalue weighted by Crippen LogP contribution is 2.42. The Morgan fingerprint density at radius 1 is 1.03 bits per heavy atom. The van der Waals surface area contributed by atoms with Crippen molar-refractivity contribution in [2.24, 2.45) is 0 Å². The molecule has 0 saturated carbocycles. The number of nitrogens with zero attached hydrogens (tertiary/aromatic N) is 1. The van der Waals surface area contributed by atoms with Crippen LogP contribution in [0, 0.1) is 0 Å². The second kappa shape index (κ2) is 10.8. The summed E-state index contributed by atoms with van der Waals surface area (Å²) in [5, 5.41) is 11.4. The highest BCUT2D eigenvalue weighted by molar-refractivity contribution is 6.46. The first-order valence-electron chi connectivity index (χ1n) is 12.5. The van der Waals surface area contributed by atoms with Gasteiger partial charge in [0.2, 0.25) is 0 Å². The number of rotatable bonds is 9. The number of hydrogen-bond acceptors (Lipinski definition) is 7. The molecule has 1 unspecified atom stereocenters. The van der Waals surface area contributed by atoms with Gasteiger partial charge in [-0.15, -0.1) is 0 Å². The lowest BCUT2D eigenvalue weighted by Gasteiger charge is -2.25. The standard InChI is InChI=1S/C29H29NO7/c1-2-3-4-12-34-21-8-5-7-19(16-21)26-25(28(32)29(33)30(26)18-22-9-6-13-35-22)27(31)20-10-11-23-24(17-20)37-15-14-36-23/h5-11,13,16-17,26,31H,2-4,12,14-15,18H2,1H3/b27-25+. The van der Waals surface area contributed by atoms with E-state index in [0.29, 0.717) is 54.0 Å². The van der Waals surface area contributed by atoms with Crippen LogP contribution < -0.4 is 14.2 Å². The Morgan fingerprint density at radius 3 is 2.65 bits per heavy atom. The van der Waals surface area contributed by atoms with Gasteiger partial charge in [-0.3, -0.25) is 9.59 Å². The minimum Gasteiger partial charge on any atom is -0.507 e. The van der Waals surface area contributed by atoms with Crippen molar-refractivity contribution in [3.8, 4) is 17.2 Å². The van der Waals surface area contributed by atoms with Crippen LogP contribution in [0.2, 0.25) is 0 Å². The molecule has 8 heteroatoms. The molecule has 0 bridgehead atoms. The van der Waals surface area contributed by atoms with Crippen molar-refractivity contribution in [1.82, 2.24) is 4.90 Å². The van der Waals surface area contributed by atoms with E-state index in [0.717, 1.165) is 19.3 Å². The van der Waals surface area contributed by atoms with Crippen LogP contribution in [0.15, 0.2) is 70.9 Å². The molecule has 0 spiro atoms. The number of ketones is 1. The van der Waals surface area contributed by atoms with Crippen LogP contribution in [-0.2, 0) is 16.1 Å². The summed E-state index contributed by atoms with van der Waals surface area (Å²) in [5.41, 5.74) is 1.01. The summed E-state index contributed by atoms with van der Waals surface area (Å²) in [6.45, 7) is 3.59. The van der Waals surface area contributed by atoms with E-state index in [9.17, 15) is 14.7 Å². The summed E-state index contributed by atoms with van der Waals surface area (Å²) < 4.78 is 22.6. The molecule has 1 amide bonds. The summed E-state index contributed by atoms with van der Waals surface area (Å²) in [6, 6.07) is 14.9. The third-order valence-corrected chi connectivity index (χ3v) is 6.45. The van der Waals surface area contributed by atoms with Crippen LogP contribution >= 0.6 is 0 Å². The second-order valence-electron chi connectivity index (χ2n) is 8.99. The highest BCUT2D eigenvalue weighted by Gasteiger charge is 2.46. The zero-order valence-electron chi connectivity index (χ0n) is 20.6. The Kier molecular flexibility index (Phi) is 7.16. The van der Waals surface area contributed by atoms with E-state index in [1.165, 1.54) is 11.2 Å². The molecule has 192 valence electrons. The maximum atomic E-state index is 13.3. The third-order valence-electron chi connectivity index (χ3n) is 6.45. The number of Topliss-reactive ketones (excluding diaryl/α,β-unsaturated/α-hetero) is 1. The predicted molar refractivity (Wildman–Crippen MR) is 135 cm³/mol. The lowest BCUT2D eigenvalue weighted by molar-refractivity contribution is -0.140. The zero-order chi connectivity index (χ0) is 25.8. The van der Waals surface area contributed by atoms with Crippen LogP contribution in [0.5, 0.6) is 17.2 Å². The van der Waals surface area contributed by atoms with Gasteiger partial charge in [0.25, 0.3) is 11.7 Å². The molecule has 1 atom stereocenters. The molecule has 2 aliphatic rings. The Morgan fingerprint density at radius 2 is 1.86 bits per heavy atom. The maximum absolute atomic E-state index is 13.3. The van der Waals surface area contributed by atoms with E-state index in [2.05, 4.69) is 6.92 Å². The molecule has 37 heavy (non-hydrogen) atoms. The van der Waals surface area contributed by atoms with E-state index < -0.39 is 17.7 Å². The minimum atomic E-state index is -0.836. The molecular weight excluding hydrogens is 474 g/mol. The Hall–Kier alpha value is -4.20. The number of carbonyl (C=O) groups is 2. The van der Waals surface area contributed by atoms with Gasteiger partial charge in [0.1, 0.15) is 30.5 Å². The largest absolute Gasteiger partial charge is 0.507 e. The van der Waals surface area contributed by atoms with Gasteiger partial charge in [-0.2, -0.15) is 0 Å². The molecule has 1 N–H and O–H groups in total. The number of ether oxygens (including phenoxy) is 3. The second-order valence-corrected chi connectivity index (χ2v) is 8.99. The first-order valence-corrected chi connectivity index (χ1v) is 12.5. The summed E-state index contributed by atoms with van der Waals surface area (Å²) in [5.74, 6) is 0.434. The molecule has 1 saturated heterocycles. The molecule has 0 radical (unpaired) electrons. The number of carbonyl (C=O) groups excluding carboxylic acids is 2. The monoisotopic (exact) mass is 503 g/mol. The number of furan rings is 1. The van der Waals surface area contributed by atoms with Crippen molar-refractivity contribution >= 4 is 17.4 Å². The minimum absolute atomic E-state index is 0.00336. The third kappa shape index (κ3) is 5.05. The van der Waals surface area contributed by atoms with Crippen molar-refractivity contribution in [2.75, 3.05) is 19.8 Å². The quantitative estimate of drug-likeness (QED) is 0.184. The molecule has 0 aliphatic carbocycles. The average Bonchev–Trinajstić information content (AvgIpc) is 3.53. The van der Waals surface area contributed by atoms with Gasteiger partial charge in [0.15, 0.2) is 11.5 Å². The molecule has 8 nitrogen and oxygen atoms in total. The number of likely N-dealkylation sites (tertiary alicyclic amines) is 1. The fourth-order valence-electron chi connectivity index (χ4n) is 4.62. The van der Waals surface area contributed by atoms with E-state index in [-0.39, 0.29) is 17.9 Å². The van der Waals surface area contributed by atoms with Crippen LogP contribution in [0.3, 0.4) is 0 Å². The molecule has 3 heterocycles. The van der Waals surface area contributed by atoms with Gasteiger partial charge >= 0.3 is 0 Å².